The van der Waals surface area contributed by atoms with E-state index in [4.69, 9.17) is 14.2 Å². The Kier molecular flexibility index (Phi) is 6.23. The monoisotopic (exact) mass is 397 g/mol. The number of thioether (sulfide) groups is 1. The van der Waals surface area contributed by atoms with Gasteiger partial charge in [0.2, 0.25) is 5.91 Å². The maximum atomic E-state index is 12.5. The van der Waals surface area contributed by atoms with Gasteiger partial charge in [-0.3, -0.25) is 4.79 Å². The van der Waals surface area contributed by atoms with E-state index in [1.54, 1.807) is 12.1 Å². The van der Waals surface area contributed by atoms with Crippen LogP contribution in [0.1, 0.15) is 0 Å². The molecule has 0 fully saturated rings. The lowest BCUT2D eigenvalue weighted by Gasteiger charge is -2.18. The third kappa shape index (κ3) is 5.16. The summed E-state index contributed by atoms with van der Waals surface area (Å²) < 4.78 is 45.3. The van der Waals surface area contributed by atoms with Gasteiger partial charge < -0.3 is 24.3 Å². The molecule has 0 atom stereocenters. The van der Waals surface area contributed by atoms with Gasteiger partial charge in [0.05, 0.1) is 12.9 Å². The molecule has 9 heteroatoms. The molecule has 1 amide bonds. The number of anilines is 1. The van der Waals surface area contributed by atoms with Crippen LogP contribution in [0.2, 0.25) is 0 Å². The fraction of sp³-hybridized carbons (Fsp3) is 0.278. The molecule has 1 heterocycles. The Morgan fingerprint density at radius 3 is 2.67 bits per heavy atom. The van der Waals surface area contributed by atoms with Crippen molar-refractivity contribution in [3.8, 4) is 23.0 Å². The standard InChI is InChI=1S/C18H17F2NO5S/c1-23-13-4-2-11(8-16(13)26-18(19)20)21-17(22)10-27-12-3-5-14-15(9-12)25-7-6-24-14/h2-5,8-9,18H,6-7,10H2,1H3,(H,21,22). The molecule has 2 aromatic carbocycles. The van der Waals surface area contributed by atoms with Crippen molar-refractivity contribution in [3.05, 3.63) is 36.4 Å². The third-order valence-electron chi connectivity index (χ3n) is 3.55. The van der Waals surface area contributed by atoms with Gasteiger partial charge in [-0.1, -0.05) is 0 Å². The Balaban J connectivity index is 1.59. The van der Waals surface area contributed by atoms with Crippen LogP contribution in [0.5, 0.6) is 23.0 Å². The van der Waals surface area contributed by atoms with Gasteiger partial charge >= 0.3 is 6.61 Å². The Labute approximate surface area is 158 Å². The van der Waals surface area contributed by atoms with Gasteiger partial charge in [-0.25, -0.2) is 0 Å². The van der Waals surface area contributed by atoms with Gasteiger partial charge in [-0.2, -0.15) is 8.78 Å². The Hall–Kier alpha value is -2.68. The second-order valence-electron chi connectivity index (χ2n) is 5.39. The lowest BCUT2D eigenvalue weighted by atomic mass is 10.2. The molecule has 1 aliphatic heterocycles. The summed E-state index contributed by atoms with van der Waals surface area (Å²) in [5.74, 6) is 1.18. The number of fused-ring (bicyclic) bond motifs is 1. The number of hydrogen-bond donors (Lipinski definition) is 1. The number of carbonyl (C=O) groups excluding carboxylic acids is 1. The zero-order valence-corrected chi connectivity index (χ0v) is 15.2. The molecule has 0 aliphatic carbocycles. The SMILES string of the molecule is COc1ccc(NC(=O)CSc2ccc3c(c2)OCCO3)cc1OC(F)F. The van der Waals surface area contributed by atoms with Crippen LogP contribution in [-0.4, -0.2) is 38.6 Å². The number of carbonyl (C=O) groups is 1. The molecule has 1 aliphatic rings. The molecule has 0 bridgehead atoms. The van der Waals surface area contributed by atoms with E-state index in [2.05, 4.69) is 10.1 Å². The average Bonchev–Trinajstić information content (AvgIpc) is 2.66. The average molecular weight is 397 g/mol. The molecule has 0 saturated carbocycles. The van der Waals surface area contributed by atoms with Crippen molar-refractivity contribution in [2.24, 2.45) is 0 Å². The molecule has 27 heavy (non-hydrogen) atoms. The number of halogens is 2. The quantitative estimate of drug-likeness (QED) is 0.717. The van der Waals surface area contributed by atoms with Gasteiger partial charge in [-0.15, -0.1) is 11.8 Å². The van der Waals surface area contributed by atoms with Crippen molar-refractivity contribution in [3.63, 3.8) is 0 Å². The van der Waals surface area contributed by atoms with Crippen LogP contribution < -0.4 is 24.3 Å². The van der Waals surface area contributed by atoms with Crippen LogP contribution in [0.15, 0.2) is 41.3 Å². The topological polar surface area (TPSA) is 66.0 Å². The highest BCUT2D eigenvalue weighted by molar-refractivity contribution is 8.00. The number of alkyl halides is 2. The Bertz CT molecular complexity index is 818. The van der Waals surface area contributed by atoms with Crippen molar-refractivity contribution in [1.82, 2.24) is 0 Å². The van der Waals surface area contributed by atoms with Gasteiger partial charge in [-0.05, 0) is 30.3 Å². The van der Waals surface area contributed by atoms with Crippen molar-refractivity contribution in [2.75, 3.05) is 31.4 Å². The van der Waals surface area contributed by atoms with E-state index in [1.807, 2.05) is 12.1 Å². The van der Waals surface area contributed by atoms with Crippen molar-refractivity contribution >= 4 is 23.4 Å². The fourth-order valence-corrected chi connectivity index (χ4v) is 3.13. The largest absolute Gasteiger partial charge is 0.493 e. The zero-order valence-electron chi connectivity index (χ0n) is 14.4. The second kappa shape index (κ2) is 8.81. The molecular formula is C18H17F2NO5S. The molecular weight excluding hydrogens is 380 g/mol. The van der Waals surface area contributed by atoms with E-state index in [0.29, 0.717) is 30.4 Å². The van der Waals surface area contributed by atoms with Gasteiger partial charge in [0.15, 0.2) is 23.0 Å². The molecule has 144 valence electrons. The summed E-state index contributed by atoms with van der Waals surface area (Å²) in [5.41, 5.74) is 0.333. The minimum atomic E-state index is -2.99. The zero-order chi connectivity index (χ0) is 19.2. The molecule has 0 radical (unpaired) electrons. The van der Waals surface area contributed by atoms with E-state index < -0.39 is 6.61 Å². The van der Waals surface area contributed by atoms with E-state index in [9.17, 15) is 13.6 Å². The maximum absolute atomic E-state index is 12.5. The van der Waals surface area contributed by atoms with Gasteiger partial charge in [0.25, 0.3) is 0 Å². The van der Waals surface area contributed by atoms with Crippen LogP contribution in [0, 0.1) is 0 Å². The summed E-state index contributed by atoms with van der Waals surface area (Å²) in [7, 11) is 1.34. The van der Waals surface area contributed by atoms with Crippen LogP contribution in [-0.2, 0) is 4.79 Å². The second-order valence-corrected chi connectivity index (χ2v) is 6.44. The Morgan fingerprint density at radius 2 is 1.93 bits per heavy atom. The first kappa shape index (κ1) is 19.1. The predicted octanol–water partition coefficient (Wildman–Crippen LogP) is 3.80. The van der Waals surface area contributed by atoms with E-state index in [0.717, 1.165) is 4.90 Å². The summed E-state index contributed by atoms with van der Waals surface area (Å²) >= 11 is 1.32. The number of methoxy groups -OCH3 is 1. The number of amides is 1. The lowest BCUT2D eigenvalue weighted by Crippen LogP contribution is -2.15. The Morgan fingerprint density at radius 1 is 1.15 bits per heavy atom. The number of ether oxygens (including phenoxy) is 4. The van der Waals surface area contributed by atoms with Crippen LogP contribution in [0.4, 0.5) is 14.5 Å². The highest BCUT2D eigenvalue weighted by Crippen LogP contribution is 2.34. The highest BCUT2D eigenvalue weighted by atomic mass is 32.2. The predicted molar refractivity (Wildman–Crippen MR) is 96.4 cm³/mol. The fourth-order valence-electron chi connectivity index (χ4n) is 2.40. The van der Waals surface area contributed by atoms with Crippen molar-refractivity contribution in [1.29, 1.82) is 0 Å². The van der Waals surface area contributed by atoms with E-state index >= 15 is 0 Å². The van der Waals surface area contributed by atoms with Crippen LogP contribution in [0.25, 0.3) is 0 Å². The minimum Gasteiger partial charge on any atom is -0.493 e. The molecule has 0 unspecified atom stereocenters. The van der Waals surface area contributed by atoms with Crippen LogP contribution in [0.3, 0.4) is 0 Å². The molecule has 1 N–H and O–H groups in total. The molecule has 2 aromatic rings. The first-order chi connectivity index (χ1) is 13.0. The molecule has 0 saturated heterocycles. The molecule has 6 nitrogen and oxygen atoms in total. The molecule has 0 aromatic heterocycles. The highest BCUT2D eigenvalue weighted by Gasteiger charge is 2.14. The van der Waals surface area contributed by atoms with E-state index in [1.165, 1.54) is 31.0 Å². The summed E-state index contributed by atoms with van der Waals surface area (Å²) in [5, 5.41) is 2.64. The lowest BCUT2D eigenvalue weighted by molar-refractivity contribution is -0.113. The summed E-state index contributed by atoms with van der Waals surface area (Å²) in [6.07, 6.45) is 0. The maximum Gasteiger partial charge on any atom is 0.387 e. The third-order valence-corrected chi connectivity index (χ3v) is 4.54. The van der Waals surface area contributed by atoms with Gasteiger partial charge in [0.1, 0.15) is 13.2 Å². The number of hydrogen-bond acceptors (Lipinski definition) is 6. The van der Waals surface area contributed by atoms with Crippen LogP contribution >= 0.6 is 11.8 Å². The molecule has 0 spiro atoms. The number of rotatable bonds is 7. The van der Waals surface area contributed by atoms with Gasteiger partial charge in [0, 0.05) is 16.6 Å². The minimum absolute atomic E-state index is 0.136. The number of benzene rings is 2. The normalized spacial score (nSPS) is 12.6. The summed E-state index contributed by atoms with van der Waals surface area (Å²) in [4.78, 5) is 13.0. The van der Waals surface area contributed by atoms with E-state index in [-0.39, 0.29) is 23.2 Å². The van der Waals surface area contributed by atoms with Crippen molar-refractivity contribution in [2.45, 2.75) is 11.5 Å². The molecule has 3 rings (SSSR count). The van der Waals surface area contributed by atoms with Crippen molar-refractivity contribution < 1.29 is 32.5 Å². The first-order valence-electron chi connectivity index (χ1n) is 8.00. The number of nitrogens with one attached hydrogen (secondary N) is 1. The summed E-state index contributed by atoms with van der Waals surface area (Å²) in [6.45, 7) is -1.99. The smallest absolute Gasteiger partial charge is 0.387 e. The summed E-state index contributed by atoms with van der Waals surface area (Å²) in [6, 6.07) is 9.73. The first-order valence-corrected chi connectivity index (χ1v) is 8.99.